The van der Waals surface area contributed by atoms with E-state index in [1.807, 2.05) is 67.6 Å². The Morgan fingerprint density at radius 3 is 2.45 bits per heavy atom. The molecule has 1 unspecified atom stereocenters. The molecule has 1 atom stereocenters. The third-order valence-electron chi connectivity index (χ3n) is 7.07. The molecule has 0 heterocycles. The van der Waals surface area contributed by atoms with Gasteiger partial charge in [-0.2, -0.15) is 0 Å². The molecule has 200 valence electrons. The number of rotatable bonds is 10. The predicted octanol–water partition coefficient (Wildman–Crippen LogP) is 6.88. The summed E-state index contributed by atoms with van der Waals surface area (Å²) in [6.07, 6.45) is 5.79. The van der Waals surface area contributed by atoms with Crippen LogP contribution in [0.1, 0.15) is 48.8 Å². The van der Waals surface area contributed by atoms with E-state index in [9.17, 15) is 9.59 Å². The van der Waals surface area contributed by atoms with Crippen LogP contribution < -0.4 is 10.1 Å². The summed E-state index contributed by atoms with van der Waals surface area (Å²) in [7, 11) is 0. The maximum absolute atomic E-state index is 13.8. The number of hydrogen-bond acceptors (Lipinski definition) is 3. The van der Waals surface area contributed by atoms with Crippen LogP contribution in [0.25, 0.3) is 0 Å². The van der Waals surface area contributed by atoms with Crippen LogP contribution in [0.3, 0.4) is 0 Å². The van der Waals surface area contributed by atoms with Crippen molar-refractivity contribution in [3.05, 3.63) is 99.0 Å². The van der Waals surface area contributed by atoms with Crippen molar-refractivity contribution >= 4 is 39.3 Å². The Hall–Kier alpha value is -2.83. The zero-order valence-electron chi connectivity index (χ0n) is 21.7. The lowest BCUT2D eigenvalue weighted by atomic mass is 9.94. The number of aryl methyl sites for hydroxylation is 1. The normalized spacial score (nSPS) is 14.5. The number of carbonyl (C=O) groups is 2. The molecule has 4 rings (SSSR count). The molecule has 3 aromatic carbocycles. The van der Waals surface area contributed by atoms with Gasteiger partial charge >= 0.3 is 0 Å². The number of halogens is 2. The number of nitrogens with one attached hydrogen (secondary N) is 1. The van der Waals surface area contributed by atoms with Crippen molar-refractivity contribution in [1.29, 1.82) is 0 Å². The Kier molecular flexibility index (Phi) is 10.2. The summed E-state index contributed by atoms with van der Waals surface area (Å²) in [6.45, 7) is 2.10. The van der Waals surface area contributed by atoms with Gasteiger partial charge in [-0.05, 0) is 54.7 Å². The summed E-state index contributed by atoms with van der Waals surface area (Å²) in [4.78, 5) is 29.3. The largest absolute Gasteiger partial charge is 0.482 e. The van der Waals surface area contributed by atoms with Crippen LogP contribution in [0, 0.1) is 6.92 Å². The van der Waals surface area contributed by atoms with Crippen molar-refractivity contribution in [2.45, 2.75) is 64.1 Å². The molecule has 38 heavy (non-hydrogen) atoms. The van der Waals surface area contributed by atoms with E-state index in [1.54, 1.807) is 17.0 Å². The molecule has 0 aromatic heterocycles. The molecule has 0 bridgehead atoms. The first kappa shape index (κ1) is 28.2. The van der Waals surface area contributed by atoms with Gasteiger partial charge in [-0.1, -0.05) is 101 Å². The Balaban J connectivity index is 1.62. The minimum Gasteiger partial charge on any atom is -0.482 e. The van der Waals surface area contributed by atoms with Crippen molar-refractivity contribution in [3.8, 4) is 5.75 Å². The number of benzene rings is 3. The molecule has 7 heteroatoms. The van der Waals surface area contributed by atoms with Gasteiger partial charge in [-0.25, -0.2) is 0 Å². The first-order valence-corrected chi connectivity index (χ1v) is 14.3. The summed E-state index contributed by atoms with van der Waals surface area (Å²) >= 11 is 9.72. The quantitative estimate of drug-likeness (QED) is 0.277. The van der Waals surface area contributed by atoms with Crippen LogP contribution in [0.2, 0.25) is 5.02 Å². The Bertz CT molecular complexity index is 1230. The van der Waals surface area contributed by atoms with Gasteiger partial charge in [0.1, 0.15) is 11.8 Å². The van der Waals surface area contributed by atoms with E-state index < -0.39 is 6.04 Å². The smallest absolute Gasteiger partial charge is 0.261 e. The lowest BCUT2D eigenvalue weighted by Crippen LogP contribution is -2.53. The lowest BCUT2D eigenvalue weighted by Gasteiger charge is -2.33. The highest BCUT2D eigenvalue weighted by Crippen LogP contribution is 2.28. The Labute approximate surface area is 238 Å². The highest BCUT2D eigenvalue weighted by molar-refractivity contribution is 9.10. The van der Waals surface area contributed by atoms with Crippen molar-refractivity contribution < 1.29 is 14.3 Å². The van der Waals surface area contributed by atoms with Crippen LogP contribution in [0.4, 0.5) is 0 Å². The lowest BCUT2D eigenvalue weighted by molar-refractivity contribution is -0.143. The number of nitrogens with zero attached hydrogens (tertiary/aromatic N) is 1. The number of carbonyl (C=O) groups excluding carboxylic acids is 2. The minimum atomic E-state index is -0.685. The second-order valence-corrected chi connectivity index (χ2v) is 11.2. The average Bonchev–Trinajstić information content (AvgIpc) is 2.92. The maximum Gasteiger partial charge on any atom is 0.261 e. The van der Waals surface area contributed by atoms with Crippen molar-refractivity contribution in [3.63, 3.8) is 0 Å². The summed E-state index contributed by atoms with van der Waals surface area (Å²) < 4.78 is 6.68. The highest BCUT2D eigenvalue weighted by atomic mass is 79.9. The van der Waals surface area contributed by atoms with E-state index in [0.29, 0.717) is 23.7 Å². The standard InChI is InChI=1S/C31H34BrClN2O3/c1-22-10-8-9-13-24(22)20-35(30(36)21-38-29-17-16-25(32)19-27(29)33)28(18-23-11-4-2-5-12-23)31(37)34-26-14-6-3-7-15-26/h2,4-5,8-13,16-17,19,26,28H,3,6-7,14-15,18,20-21H2,1H3,(H,34,37). The Morgan fingerprint density at radius 1 is 1.03 bits per heavy atom. The number of amides is 2. The monoisotopic (exact) mass is 596 g/mol. The second-order valence-electron chi connectivity index (χ2n) is 9.86. The molecule has 0 spiro atoms. The molecule has 0 saturated heterocycles. The third kappa shape index (κ3) is 7.84. The second kappa shape index (κ2) is 13.8. The molecule has 0 radical (unpaired) electrons. The van der Waals surface area contributed by atoms with E-state index >= 15 is 0 Å². The number of ether oxygens (including phenoxy) is 1. The molecule has 2 amide bonds. The van der Waals surface area contributed by atoms with E-state index in [-0.39, 0.29) is 24.5 Å². The highest BCUT2D eigenvalue weighted by Gasteiger charge is 2.32. The molecule has 5 nitrogen and oxygen atoms in total. The first-order valence-electron chi connectivity index (χ1n) is 13.2. The minimum absolute atomic E-state index is 0.121. The number of hydrogen-bond donors (Lipinski definition) is 1. The predicted molar refractivity (Wildman–Crippen MR) is 155 cm³/mol. The van der Waals surface area contributed by atoms with Gasteiger partial charge in [0.2, 0.25) is 5.91 Å². The topological polar surface area (TPSA) is 58.6 Å². The van der Waals surface area contributed by atoms with Crippen LogP contribution in [0.15, 0.2) is 77.3 Å². The molecule has 1 saturated carbocycles. The van der Waals surface area contributed by atoms with Crippen molar-refractivity contribution in [1.82, 2.24) is 10.2 Å². The van der Waals surface area contributed by atoms with Crippen molar-refractivity contribution in [2.75, 3.05) is 6.61 Å². The van der Waals surface area contributed by atoms with Gasteiger partial charge in [0.15, 0.2) is 6.61 Å². The van der Waals surface area contributed by atoms with Gasteiger partial charge < -0.3 is 15.0 Å². The molecule has 1 aliphatic carbocycles. The summed E-state index contributed by atoms with van der Waals surface area (Å²) in [6, 6.07) is 22.5. The SMILES string of the molecule is Cc1ccccc1CN(C(=O)COc1ccc(Br)cc1Cl)C(Cc1ccccc1)C(=O)NC1CCCCC1. The zero-order chi connectivity index (χ0) is 26.9. The molecule has 3 aromatic rings. The van der Waals surface area contributed by atoms with Crippen LogP contribution >= 0.6 is 27.5 Å². The van der Waals surface area contributed by atoms with Gasteiger partial charge in [0, 0.05) is 23.5 Å². The van der Waals surface area contributed by atoms with Crippen molar-refractivity contribution in [2.24, 2.45) is 0 Å². The van der Waals surface area contributed by atoms with E-state index in [4.69, 9.17) is 16.3 Å². The van der Waals surface area contributed by atoms with Crippen LogP contribution in [0.5, 0.6) is 5.75 Å². The summed E-state index contributed by atoms with van der Waals surface area (Å²) in [5.74, 6) is 0.0293. The average molecular weight is 598 g/mol. The van der Waals surface area contributed by atoms with Crippen LogP contribution in [-0.2, 0) is 22.6 Å². The Morgan fingerprint density at radius 2 is 1.74 bits per heavy atom. The van der Waals surface area contributed by atoms with E-state index in [2.05, 4.69) is 21.2 Å². The molecular formula is C31H34BrClN2O3. The van der Waals surface area contributed by atoms with E-state index in [0.717, 1.165) is 46.8 Å². The van der Waals surface area contributed by atoms with Gasteiger partial charge in [0.25, 0.3) is 5.91 Å². The third-order valence-corrected chi connectivity index (χ3v) is 7.86. The molecule has 0 aliphatic heterocycles. The first-order chi connectivity index (χ1) is 18.4. The fourth-order valence-corrected chi connectivity index (χ4v) is 5.61. The van der Waals surface area contributed by atoms with Gasteiger partial charge in [-0.3, -0.25) is 9.59 Å². The van der Waals surface area contributed by atoms with Gasteiger partial charge in [0.05, 0.1) is 5.02 Å². The maximum atomic E-state index is 13.8. The fraction of sp³-hybridized carbons (Fsp3) is 0.355. The summed E-state index contributed by atoms with van der Waals surface area (Å²) in [5.41, 5.74) is 3.05. The molecule has 1 fully saturated rings. The van der Waals surface area contributed by atoms with Gasteiger partial charge in [-0.15, -0.1) is 0 Å². The summed E-state index contributed by atoms with van der Waals surface area (Å²) in [5, 5.41) is 3.67. The van der Waals surface area contributed by atoms with E-state index in [1.165, 1.54) is 6.42 Å². The zero-order valence-corrected chi connectivity index (χ0v) is 24.0. The van der Waals surface area contributed by atoms with Crippen LogP contribution in [-0.4, -0.2) is 35.4 Å². The molecule has 1 N–H and O–H groups in total. The molecule has 1 aliphatic rings. The molecular weight excluding hydrogens is 564 g/mol. The fourth-order valence-electron chi connectivity index (χ4n) is 4.88.